The minimum Gasteiger partial charge on any atom is -0.507 e. The van der Waals surface area contributed by atoms with Crippen LogP contribution in [0.15, 0.2) is 30.3 Å². The van der Waals surface area contributed by atoms with Gasteiger partial charge < -0.3 is 15.5 Å². The molecule has 0 bridgehead atoms. The number of halogens is 3. The number of rotatable bonds is 2. The van der Waals surface area contributed by atoms with Crippen LogP contribution in [0.25, 0.3) is 0 Å². The van der Waals surface area contributed by atoms with Crippen molar-refractivity contribution >= 4 is 34.8 Å². The van der Waals surface area contributed by atoms with E-state index in [0.717, 1.165) is 18.2 Å². The molecule has 0 spiro atoms. The Balaban J connectivity index is 2.28. The molecule has 0 aliphatic carbocycles. The molecule has 2 rings (SSSR count). The van der Waals surface area contributed by atoms with Crippen LogP contribution in [-0.2, 0) is 0 Å². The number of benzene rings is 2. The first kappa shape index (κ1) is 14.4. The average molecular weight is 316 g/mol. The number of anilines is 1. The van der Waals surface area contributed by atoms with Crippen molar-refractivity contribution in [3.63, 3.8) is 0 Å². The molecule has 0 radical (unpaired) electrons. The normalized spacial score (nSPS) is 10.3. The first-order valence-corrected chi connectivity index (χ1v) is 6.12. The number of phenols is 2. The Labute approximate surface area is 123 Å². The summed E-state index contributed by atoms with van der Waals surface area (Å²) in [5, 5.41) is 21.3. The monoisotopic (exact) mass is 315 g/mol. The predicted octanol–water partition coefficient (Wildman–Crippen LogP) is 3.80. The van der Waals surface area contributed by atoms with Crippen molar-refractivity contribution < 1.29 is 19.4 Å². The molecule has 0 aromatic heterocycles. The van der Waals surface area contributed by atoms with Gasteiger partial charge in [-0.3, -0.25) is 4.79 Å². The lowest BCUT2D eigenvalue weighted by molar-refractivity contribution is 0.102. The summed E-state index contributed by atoms with van der Waals surface area (Å²) in [7, 11) is 0. The van der Waals surface area contributed by atoms with E-state index in [1.807, 2.05) is 0 Å². The molecular formula is C13H8Cl2FNO3. The maximum atomic E-state index is 12.8. The van der Waals surface area contributed by atoms with Crippen LogP contribution in [0.4, 0.5) is 10.1 Å². The fourth-order valence-electron chi connectivity index (χ4n) is 1.53. The molecule has 4 nitrogen and oxygen atoms in total. The van der Waals surface area contributed by atoms with Crippen molar-refractivity contribution in [3.05, 3.63) is 51.8 Å². The van der Waals surface area contributed by atoms with Gasteiger partial charge >= 0.3 is 0 Å². The minimum absolute atomic E-state index is 0.0314. The van der Waals surface area contributed by atoms with E-state index >= 15 is 0 Å². The topological polar surface area (TPSA) is 69.6 Å². The van der Waals surface area contributed by atoms with Gasteiger partial charge in [0, 0.05) is 11.8 Å². The molecule has 7 heteroatoms. The molecule has 0 saturated heterocycles. The predicted molar refractivity (Wildman–Crippen MR) is 74.1 cm³/mol. The molecule has 0 aliphatic heterocycles. The van der Waals surface area contributed by atoms with Gasteiger partial charge in [-0.1, -0.05) is 23.2 Å². The number of hydrogen-bond acceptors (Lipinski definition) is 3. The first-order valence-electron chi connectivity index (χ1n) is 5.36. The summed E-state index contributed by atoms with van der Waals surface area (Å²) in [6.07, 6.45) is 0. The van der Waals surface area contributed by atoms with Crippen molar-refractivity contribution in [2.45, 2.75) is 0 Å². The zero-order valence-corrected chi connectivity index (χ0v) is 11.3. The SMILES string of the molecule is O=C(Nc1cc(Cl)c(O)c(Cl)c1)c1ccc(F)cc1O. The number of carbonyl (C=O) groups is 1. The fraction of sp³-hybridized carbons (Fsp3) is 0. The van der Waals surface area contributed by atoms with Crippen molar-refractivity contribution in [1.82, 2.24) is 0 Å². The molecular weight excluding hydrogens is 308 g/mol. The van der Waals surface area contributed by atoms with Crippen LogP contribution in [0.5, 0.6) is 11.5 Å². The molecule has 0 unspecified atom stereocenters. The van der Waals surface area contributed by atoms with E-state index in [1.165, 1.54) is 12.1 Å². The molecule has 3 N–H and O–H groups in total. The van der Waals surface area contributed by atoms with Crippen LogP contribution in [-0.4, -0.2) is 16.1 Å². The summed E-state index contributed by atoms with van der Waals surface area (Å²) in [6.45, 7) is 0. The highest BCUT2D eigenvalue weighted by Gasteiger charge is 2.14. The number of aromatic hydroxyl groups is 2. The van der Waals surface area contributed by atoms with E-state index in [4.69, 9.17) is 23.2 Å². The highest BCUT2D eigenvalue weighted by molar-refractivity contribution is 6.37. The Morgan fingerprint density at radius 1 is 1.10 bits per heavy atom. The van der Waals surface area contributed by atoms with Gasteiger partial charge in [-0.25, -0.2) is 4.39 Å². The summed E-state index contributed by atoms with van der Waals surface area (Å²) in [4.78, 5) is 11.9. The van der Waals surface area contributed by atoms with Crippen molar-refractivity contribution in [1.29, 1.82) is 0 Å². The molecule has 2 aromatic carbocycles. The molecule has 2 aromatic rings. The number of amides is 1. The highest BCUT2D eigenvalue weighted by atomic mass is 35.5. The number of phenolic OH excluding ortho intramolecular Hbond substituents is 2. The maximum Gasteiger partial charge on any atom is 0.259 e. The van der Waals surface area contributed by atoms with Crippen LogP contribution in [0, 0.1) is 5.82 Å². The highest BCUT2D eigenvalue weighted by Crippen LogP contribution is 2.34. The molecule has 20 heavy (non-hydrogen) atoms. The molecule has 104 valence electrons. The van der Waals surface area contributed by atoms with Crippen molar-refractivity contribution in [2.75, 3.05) is 5.32 Å². The first-order chi connectivity index (χ1) is 9.38. The second-order valence-corrected chi connectivity index (χ2v) is 4.72. The molecule has 0 atom stereocenters. The molecule has 0 aliphatic rings. The van der Waals surface area contributed by atoms with E-state index in [1.54, 1.807) is 0 Å². The lowest BCUT2D eigenvalue weighted by atomic mass is 10.1. The summed E-state index contributed by atoms with van der Waals surface area (Å²) < 4.78 is 12.8. The largest absolute Gasteiger partial charge is 0.507 e. The smallest absolute Gasteiger partial charge is 0.259 e. The second kappa shape index (κ2) is 5.56. The van der Waals surface area contributed by atoms with E-state index < -0.39 is 17.5 Å². The second-order valence-electron chi connectivity index (χ2n) is 3.90. The Kier molecular flexibility index (Phi) is 4.01. The van der Waals surface area contributed by atoms with Gasteiger partial charge in [-0.15, -0.1) is 0 Å². The Morgan fingerprint density at radius 3 is 2.25 bits per heavy atom. The van der Waals surface area contributed by atoms with Gasteiger partial charge in [-0.2, -0.15) is 0 Å². The lowest BCUT2D eigenvalue weighted by Crippen LogP contribution is -2.12. The van der Waals surface area contributed by atoms with E-state index in [0.29, 0.717) is 0 Å². The van der Waals surface area contributed by atoms with Crippen molar-refractivity contribution in [2.24, 2.45) is 0 Å². The summed E-state index contributed by atoms with van der Waals surface area (Å²) in [6, 6.07) is 5.60. The average Bonchev–Trinajstić information content (AvgIpc) is 2.35. The van der Waals surface area contributed by atoms with Gasteiger partial charge in [0.05, 0.1) is 15.6 Å². The third kappa shape index (κ3) is 2.95. The molecule has 1 amide bonds. The summed E-state index contributed by atoms with van der Waals surface area (Å²) >= 11 is 11.4. The fourth-order valence-corrected chi connectivity index (χ4v) is 2.02. The van der Waals surface area contributed by atoms with Gasteiger partial charge in [0.1, 0.15) is 11.6 Å². The van der Waals surface area contributed by atoms with E-state index in [-0.39, 0.29) is 27.0 Å². The van der Waals surface area contributed by atoms with Gasteiger partial charge in [0.25, 0.3) is 5.91 Å². The van der Waals surface area contributed by atoms with Crippen LogP contribution >= 0.6 is 23.2 Å². The Hall–Kier alpha value is -1.98. The molecule has 0 saturated carbocycles. The molecule has 0 fully saturated rings. The van der Waals surface area contributed by atoms with Gasteiger partial charge in [0.2, 0.25) is 0 Å². The zero-order valence-electron chi connectivity index (χ0n) is 9.82. The minimum atomic E-state index is -0.666. The molecule has 0 heterocycles. The maximum absolute atomic E-state index is 12.8. The van der Waals surface area contributed by atoms with E-state index in [2.05, 4.69) is 5.32 Å². The van der Waals surface area contributed by atoms with Crippen LogP contribution in [0.1, 0.15) is 10.4 Å². The number of carbonyl (C=O) groups excluding carboxylic acids is 1. The third-order valence-corrected chi connectivity index (χ3v) is 3.06. The lowest BCUT2D eigenvalue weighted by Gasteiger charge is -2.09. The van der Waals surface area contributed by atoms with Crippen LogP contribution < -0.4 is 5.32 Å². The summed E-state index contributed by atoms with van der Waals surface area (Å²) in [5.41, 5.74) is 0.123. The Morgan fingerprint density at radius 2 is 1.70 bits per heavy atom. The third-order valence-electron chi connectivity index (χ3n) is 2.48. The van der Waals surface area contributed by atoms with Crippen LogP contribution in [0.2, 0.25) is 10.0 Å². The van der Waals surface area contributed by atoms with E-state index in [9.17, 15) is 19.4 Å². The van der Waals surface area contributed by atoms with Crippen molar-refractivity contribution in [3.8, 4) is 11.5 Å². The zero-order chi connectivity index (χ0) is 14.9. The standard InChI is InChI=1S/C13H8Cl2FNO3/c14-9-4-7(5-10(15)12(9)19)17-13(20)8-2-1-6(16)3-11(8)18/h1-5,18-19H,(H,17,20). The van der Waals surface area contributed by atoms with Gasteiger partial charge in [-0.05, 0) is 24.3 Å². The van der Waals surface area contributed by atoms with Crippen LogP contribution in [0.3, 0.4) is 0 Å². The van der Waals surface area contributed by atoms with Gasteiger partial charge in [0.15, 0.2) is 5.75 Å². The Bertz CT molecular complexity index is 668. The summed E-state index contributed by atoms with van der Waals surface area (Å²) in [5.74, 6) is -2.11. The quantitative estimate of drug-likeness (QED) is 0.738. The number of nitrogens with one attached hydrogen (secondary N) is 1. The number of hydrogen-bond donors (Lipinski definition) is 3.